The number of nitrogen functional groups attached to an aromatic ring is 1. The van der Waals surface area contributed by atoms with Crippen LogP contribution in [0.15, 0.2) is 18.5 Å². The first-order chi connectivity index (χ1) is 9.85. The van der Waals surface area contributed by atoms with E-state index >= 15 is 0 Å². The van der Waals surface area contributed by atoms with Gasteiger partial charge in [0.1, 0.15) is 10.7 Å². The first kappa shape index (κ1) is 15.3. The summed E-state index contributed by atoms with van der Waals surface area (Å²) in [7, 11) is 0. The minimum absolute atomic E-state index is 0.127. The molecular formula is C13H20N6OS. The van der Waals surface area contributed by atoms with Gasteiger partial charge >= 0.3 is 0 Å². The molecule has 1 amide bonds. The van der Waals surface area contributed by atoms with Gasteiger partial charge < -0.3 is 16.4 Å². The molecule has 0 atom stereocenters. The molecule has 7 nitrogen and oxygen atoms in total. The highest BCUT2D eigenvalue weighted by Gasteiger charge is 2.18. The van der Waals surface area contributed by atoms with Gasteiger partial charge in [-0.05, 0) is 26.8 Å². The molecule has 4 N–H and O–H groups in total. The van der Waals surface area contributed by atoms with Crippen LogP contribution in [0.25, 0.3) is 0 Å². The third kappa shape index (κ3) is 4.45. The van der Waals surface area contributed by atoms with Gasteiger partial charge in [0.25, 0.3) is 5.91 Å². The Bertz CT molecular complexity index is 599. The van der Waals surface area contributed by atoms with Crippen LogP contribution in [-0.2, 0) is 6.54 Å². The van der Waals surface area contributed by atoms with E-state index in [1.165, 1.54) is 11.3 Å². The van der Waals surface area contributed by atoms with Gasteiger partial charge in [-0.25, -0.2) is 4.98 Å². The lowest BCUT2D eigenvalue weighted by Gasteiger charge is -2.19. The Balaban J connectivity index is 1.92. The fourth-order valence-electron chi connectivity index (χ4n) is 1.67. The SMILES string of the molecule is CC(C)(C)Nc1nc(N)c(C(=O)NCCn2cccn2)s1. The monoisotopic (exact) mass is 308 g/mol. The fraction of sp³-hybridized carbons (Fsp3) is 0.462. The van der Waals surface area contributed by atoms with Crippen LogP contribution < -0.4 is 16.4 Å². The maximum absolute atomic E-state index is 12.1. The van der Waals surface area contributed by atoms with Crippen LogP contribution in [0.4, 0.5) is 10.9 Å². The minimum Gasteiger partial charge on any atom is -0.382 e. The molecule has 0 radical (unpaired) electrons. The van der Waals surface area contributed by atoms with Crippen molar-refractivity contribution in [1.82, 2.24) is 20.1 Å². The standard InChI is InChI=1S/C13H20N6OS/c1-13(2,3)18-12-17-10(14)9(21-12)11(20)15-6-8-19-7-4-5-16-19/h4-5,7H,6,8,14H2,1-3H3,(H,15,20)(H,17,18). The van der Waals surface area contributed by atoms with Gasteiger partial charge in [-0.1, -0.05) is 11.3 Å². The minimum atomic E-state index is -0.209. The van der Waals surface area contributed by atoms with Crippen molar-refractivity contribution in [2.75, 3.05) is 17.6 Å². The van der Waals surface area contributed by atoms with Crippen molar-refractivity contribution in [3.8, 4) is 0 Å². The molecular weight excluding hydrogens is 288 g/mol. The zero-order chi connectivity index (χ0) is 15.5. The molecule has 0 spiro atoms. The summed E-state index contributed by atoms with van der Waals surface area (Å²) < 4.78 is 1.75. The van der Waals surface area contributed by atoms with Crippen molar-refractivity contribution < 1.29 is 4.79 Å². The predicted molar refractivity (Wildman–Crippen MR) is 84.5 cm³/mol. The van der Waals surface area contributed by atoms with Crippen LogP contribution in [0.5, 0.6) is 0 Å². The molecule has 0 unspecified atom stereocenters. The lowest BCUT2D eigenvalue weighted by Crippen LogP contribution is -2.27. The second-order valence-electron chi connectivity index (χ2n) is 5.63. The maximum Gasteiger partial charge on any atom is 0.265 e. The van der Waals surface area contributed by atoms with Gasteiger partial charge in [-0.3, -0.25) is 9.48 Å². The van der Waals surface area contributed by atoms with Crippen molar-refractivity contribution >= 4 is 28.2 Å². The Morgan fingerprint density at radius 2 is 2.24 bits per heavy atom. The van der Waals surface area contributed by atoms with E-state index in [1.54, 1.807) is 10.9 Å². The fourth-order valence-corrected chi connectivity index (χ4v) is 2.68. The van der Waals surface area contributed by atoms with Crippen LogP contribution >= 0.6 is 11.3 Å². The Labute approximate surface area is 127 Å². The zero-order valence-corrected chi connectivity index (χ0v) is 13.2. The van der Waals surface area contributed by atoms with Crippen molar-refractivity contribution in [1.29, 1.82) is 0 Å². The van der Waals surface area contributed by atoms with Crippen LogP contribution in [0.1, 0.15) is 30.4 Å². The van der Waals surface area contributed by atoms with Crippen LogP contribution in [0.3, 0.4) is 0 Å². The summed E-state index contributed by atoms with van der Waals surface area (Å²) in [4.78, 5) is 16.7. The summed E-state index contributed by atoms with van der Waals surface area (Å²) in [6.45, 7) is 7.17. The Hall–Kier alpha value is -2.09. The summed E-state index contributed by atoms with van der Waals surface area (Å²) in [6.07, 6.45) is 3.55. The first-order valence-electron chi connectivity index (χ1n) is 6.65. The third-order valence-corrected chi connectivity index (χ3v) is 3.51. The number of hydrogen-bond donors (Lipinski definition) is 3. The first-order valence-corrected chi connectivity index (χ1v) is 7.47. The van der Waals surface area contributed by atoms with E-state index in [2.05, 4.69) is 20.7 Å². The number of carbonyl (C=O) groups excluding carboxylic acids is 1. The number of amides is 1. The van der Waals surface area contributed by atoms with Gasteiger partial charge in [0.15, 0.2) is 5.13 Å². The van der Waals surface area contributed by atoms with E-state index in [0.29, 0.717) is 23.1 Å². The van der Waals surface area contributed by atoms with Gasteiger partial charge in [0.2, 0.25) is 0 Å². The number of nitrogens with zero attached hydrogens (tertiary/aromatic N) is 3. The van der Waals surface area contributed by atoms with Crippen molar-refractivity contribution in [3.05, 3.63) is 23.3 Å². The number of carbonyl (C=O) groups is 1. The Morgan fingerprint density at radius 3 is 2.86 bits per heavy atom. The molecule has 0 aliphatic rings. The van der Waals surface area contributed by atoms with E-state index < -0.39 is 0 Å². The molecule has 114 valence electrons. The Kier molecular flexibility index (Phi) is 4.46. The van der Waals surface area contributed by atoms with Crippen LogP contribution in [0, 0.1) is 0 Å². The molecule has 2 heterocycles. The van der Waals surface area contributed by atoms with E-state index in [1.807, 2.05) is 33.0 Å². The second kappa shape index (κ2) is 6.13. The molecule has 0 saturated carbocycles. The average molecular weight is 308 g/mol. The van der Waals surface area contributed by atoms with E-state index in [4.69, 9.17) is 5.73 Å². The smallest absolute Gasteiger partial charge is 0.265 e. The number of rotatable bonds is 5. The quantitative estimate of drug-likeness (QED) is 0.778. The number of hydrogen-bond acceptors (Lipinski definition) is 6. The lowest BCUT2D eigenvalue weighted by molar-refractivity contribution is 0.0956. The number of thiazole rings is 1. The number of aromatic nitrogens is 3. The molecule has 0 aliphatic heterocycles. The van der Waals surface area contributed by atoms with Crippen molar-refractivity contribution in [2.24, 2.45) is 0 Å². The number of nitrogens with two attached hydrogens (primary N) is 1. The Morgan fingerprint density at radius 1 is 1.48 bits per heavy atom. The van der Waals surface area contributed by atoms with Gasteiger partial charge in [0.05, 0.1) is 6.54 Å². The van der Waals surface area contributed by atoms with E-state index in [9.17, 15) is 4.79 Å². The van der Waals surface area contributed by atoms with E-state index in [0.717, 1.165) is 0 Å². The summed E-state index contributed by atoms with van der Waals surface area (Å²) in [5, 5.41) is 10.7. The van der Waals surface area contributed by atoms with Crippen molar-refractivity contribution in [3.63, 3.8) is 0 Å². The average Bonchev–Trinajstić information content (AvgIpc) is 2.97. The predicted octanol–water partition coefficient (Wildman–Crippen LogP) is 1.56. The molecule has 21 heavy (non-hydrogen) atoms. The number of anilines is 2. The van der Waals surface area contributed by atoms with Gasteiger partial charge in [-0.2, -0.15) is 5.10 Å². The maximum atomic E-state index is 12.1. The summed E-state index contributed by atoms with van der Waals surface area (Å²) in [6, 6.07) is 1.84. The molecule has 2 rings (SSSR count). The van der Waals surface area contributed by atoms with Gasteiger partial charge in [-0.15, -0.1) is 0 Å². The van der Waals surface area contributed by atoms with Crippen LogP contribution in [-0.4, -0.2) is 32.8 Å². The molecule has 0 saturated heterocycles. The summed E-state index contributed by atoms with van der Waals surface area (Å²) in [5.41, 5.74) is 5.68. The molecule has 2 aromatic heterocycles. The largest absolute Gasteiger partial charge is 0.382 e. The highest BCUT2D eigenvalue weighted by molar-refractivity contribution is 7.18. The highest BCUT2D eigenvalue weighted by Crippen LogP contribution is 2.26. The van der Waals surface area contributed by atoms with Crippen LogP contribution in [0.2, 0.25) is 0 Å². The summed E-state index contributed by atoms with van der Waals surface area (Å²) in [5.74, 6) is 0.0439. The second-order valence-corrected chi connectivity index (χ2v) is 6.63. The molecule has 0 aromatic carbocycles. The highest BCUT2D eigenvalue weighted by atomic mass is 32.1. The molecule has 0 aliphatic carbocycles. The number of nitrogens with one attached hydrogen (secondary N) is 2. The van der Waals surface area contributed by atoms with Gasteiger partial charge in [0, 0.05) is 24.5 Å². The summed E-state index contributed by atoms with van der Waals surface area (Å²) >= 11 is 1.26. The molecule has 2 aromatic rings. The van der Waals surface area contributed by atoms with E-state index in [-0.39, 0.29) is 17.3 Å². The normalized spacial score (nSPS) is 11.4. The molecule has 0 bridgehead atoms. The third-order valence-electron chi connectivity index (χ3n) is 2.53. The van der Waals surface area contributed by atoms with Crippen molar-refractivity contribution in [2.45, 2.75) is 32.9 Å². The zero-order valence-electron chi connectivity index (χ0n) is 12.4. The topological polar surface area (TPSA) is 97.9 Å². The molecule has 0 fully saturated rings. The molecule has 8 heteroatoms. The lowest BCUT2D eigenvalue weighted by atomic mass is 10.1.